The summed E-state index contributed by atoms with van der Waals surface area (Å²) in [4.78, 5) is 16.4. The van der Waals surface area contributed by atoms with Gasteiger partial charge >= 0.3 is 6.18 Å². The van der Waals surface area contributed by atoms with E-state index in [4.69, 9.17) is 9.88 Å². The molecule has 1 amide bonds. The second-order valence-corrected chi connectivity index (χ2v) is 7.51. The van der Waals surface area contributed by atoms with E-state index >= 15 is 0 Å². The Morgan fingerprint density at radius 1 is 1.14 bits per heavy atom. The lowest BCUT2D eigenvalue weighted by Gasteiger charge is -2.13. The van der Waals surface area contributed by atoms with E-state index in [0.29, 0.717) is 0 Å². The molecule has 11 heteroatoms. The average molecular weight is 425 g/mol. The Labute approximate surface area is 163 Å². The predicted octanol–water partition coefficient (Wildman–Crippen LogP) is 3.16. The molecule has 29 heavy (non-hydrogen) atoms. The van der Waals surface area contributed by atoms with E-state index in [9.17, 15) is 26.4 Å². The maximum atomic E-state index is 13.0. The van der Waals surface area contributed by atoms with E-state index in [1.54, 1.807) is 0 Å². The number of methoxy groups -OCH3 is 1. The molecule has 0 fully saturated rings. The second-order valence-electron chi connectivity index (χ2n) is 5.95. The first-order valence-corrected chi connectivity index (χ1v) is 9.53. The Hall–Kier alpha value is -3.18. The van der Waals surface area contributed by atoms with Gasteiger partial charge in [-0.05, 0) is 42.5 Å². The van der Waals surface area contributed by atoms with Crippen LogP contribution in [0.25, 0.3) is 10.9 Å². The van der Waals surface area contributed by atoms with Crippen LogP contribution in [0.4, 0.5) is 18.9 Å². The predicted molar refractivity (Wildman–Crippen MR) is 99.1 cm³/mol. The van der Waals surface area contributed by atoms with Gasteiger partial charge in [-0.3, -0.25) is 9.78 Å². The molecular formula is C18H14F3N3O4S. The summed E-state index contributed by atoms with van der Waals surface area (Å²) in [6.45, 7) is 0. The molecule has 0 aliphatic rings. The third-order valence-corrected chi connectivity index (χ3v) is 4.97. The molecule has 0 bridgehead atoms. The van der Waals surface area contributed by atoms with Crippen molar-refractivity contribution in [2.75, 3.05) is 12.4 Å². The molecule has 7 nitrogen and oxygen atoms in total. The van der Waals surface area contributed by atoms with Gasteiger partial charge in [-0.25, -0.2) is 13.6 Å². The number of benzene rings is 2. The molecule has 0 saturated carbocycles. The zero-order chi connectivity index (χ0) is 21.4. The van der Waals surface area contributed by atoms with Crippen molar-refractivity contribution in [3.05, 3.63) is 59.8 Å². The van der Waals surface area contributed by atoms with Crippen molar-refractivity contribution < 1.29 is 31.1 Å². The number of nitrogens with one attached hydrogen (secondary N) is 1. The number of primary sulfonamides is 1. The Bertz CT molecular complexity index is 1210. The fraction of sp³-hybridized carbons (Fsp3) is 0.111. The number of rotatable bonds is 4. The molecule has 1 aromatic heterocycles. The lowest BCUT2D eigenvalue weighted by Crippen LogP contribution is -2.17. The summed E-state index contributed by atoms with van der Waals surface area (Å²) in [5, 5.41) is 7.62. The first-order chi connectivity index (χ1) is 13.5. The Morgan fingerprint density at radius 2 is 1.86 bits per heavy atom. The summed E-state index contributed by atoms with van der Waals surface area (Å²) in [7, 11) is -2.81. The highest BCUT2D eigenvalue weighted by molar-refractivity contribution is 7.89. The van der Waals surface area contributed by atoms with Crippen LogP contribution in [0.3, 0.4) is 0 Å². The maximum absolute atomic E-state index is 13.0. The Kier molecular flexibility index (Phi) is 5.20. The molecule has 3 rings (SSSR count). The smallest absolute Gasteiger partial charge is 0.416 e. The van der Waals surface area contributed by atoms with Crippen LogP contribution in [0.15, 0.2) is 53.6 Å². The standard InChI is InChI=1S/C18H14F3N3O4S/c1-28-16-5-3-11(29(22,26)27)9-13(16)17(25)24-15-6-7-23-14-4-2-10(8-12(14)15)18(19,20)21/h2-9H,1H3,(H2,22,26,27)(H,23,24,25). The molecule has 0 aliphatic heterocycles. The van der Waals surface area contributed by atoms with Crippen LogP contribution in [0.1, 0.15) is 15.9 Å². The van der Waals surface area contributed by atoms with E-state index in [2.05, 4.69) is 10.3 Å². The first-order valence-electron chi connectivity index (χ1n) is 7.99. The fourth-order valence-electron chi connectivity index (χ4n) is 2.66. The normalized spacial score (nSPS) is 12.0. The van der Waals surface area contributed by atoms with Crippen LogP contribution in [0.2, 0.25) is 0 Å². The van der Waals surface area contributed by atoms with Crippen LogP contribution >= 0.6 is 0 Å². The largest absolute Gasteiger partial charge is 0.496 e. The molecule has 1 heterocycles. The molecule has 152 valence electrons. The summed E-state index contributed by atoms with van der Waals surface area (Å²) in [5.41, 5.74) is -0.756. The van der Waals surface area contributed by atoms with Gasteiger partial charge in [0.15, 0.2) is 0 Å². The van der Waals surface area contributed by atoms with Crippen molar-refractivity contribution >= 4 is 32.5 Å². The highest BCUT2D eigenvalue weighted by Gasteiger charge is 2.30. The number of nitrogens with two attached hydrogens (primary N) is 1. The van der Waals surface area contributed by atoms with Crippen LogP contribution in [0.5, 0.6) is 5.75 Å². The number of fused-ring (bicyclic) bond motifs is 1. The van der Waals surface area contributed by atoms with E-state index in [0.717, 1.165) is 18.2 Å². The molecule has 0 spiro atoms. The molecule has 3 aromatic rings. The van der Waals surface area contributed by atoms with Gasteiger partial charge in [0.05, 0.1) is 34.3 Å². The van der Waals surface area contributed by atoms with Gasteiger partial charge in [0.25, 0.3) is 5.91 Å². The first kappa shape index (κ1) is 20.6. The number of nitrogens with zero attached hydrogens (tertiary/aromatic N) is 1. The topological polar surface area (TPSA) is 111 Å². The Balaban J connectivity index is 2.06. The number of halogens is 3. The van der Waals surface area contributed by atoms with Gasteiger partial charge in [0.2, 0.25) is 10.0 Å². The minimum absolute atomic E-state index is 0.0595. The number of carbonyl (C=O) groups excluding carboxylic acids is 1. The number of ether oxygens (including phenoxy) is 1. The molecule has 0 aliphatic carbocycles. The number of aromatic nitrogens is 1. The summed E-state index contributed by atoms with van der Waals surface area (Å²) in [5.74, 6) is -0.735. The molecule has 2 aromatic carbocycles. The zero-order valence-electron chi connectivity index (χ0n) is 14.8. The molecule has 3 N–H and O–H groups in total. The highest BCUT2D eigenvalue weighted by atomic mass is 32.2. The van der Waals surface area contributed by atoms with Crippen molar-refractivity contribution in [3.8, 4) is 5.75 Å². The van der Waals surface area contributed by atoms with E-state index in [1.165, 1.54) is 37.6 Å². The lowest BCUT2D eigenvalue weighted by atomic mass is 10.1. The fourth-order valence-corrected chi connectivity index (χ4v) is 3.20. The maximum Gasteiger partial charge on any atom is 0.416 e. The van der Waals surface area contributed by atoms with Gasteiger partial charge in [0, 0.05) is 11.6 Å². The zero-order valence-corrected chi connectivity index (χ0v) is 15.6. The molecule has 0 atom stereocenters. The number of alkyl halides is 3. The Morgan fingerprint density at radius 3 is 2.48 bits per heavy atom. The third kappa shape index (κ3) is 4.30. The monoisotopic (exact) mass is 425 g/mol. The summed E-state index contributed by atoms with van der Waals surface area (Å²) in [6, 6.07) is 7.72. The van der Waals surface area contributed by atoms with Gasteiger partial charge in [-0.2, -0.15) is 13.2 Å². The number of pyridine rings is 1. The minimum Gasteiger partial charge on any atom is -0.496 e. The van der Waals surface area contributed by atoms with Gasteiger partial charge in [-0.15, -0.1) is 0 Å². The molecule has 0 saturated heterocycles. The average Bonchev–Trinajstić information content (AvgIpc) is 2.65. The summed E-state index contributed by atoms with van der Waals surface area (Å²) < 4.78 is 67.3. The number of hydrogen-bond donors (Lipinski definition) is 2. The quantitative estimate of drug-likeness (QED) is 0.667. The van der Waals surface area contributed by atoms with Crippen molar-refractivity contribution in [1.29, 1.82) is 0 Å². The van der Waals surface area contributed by atoms with Gasteiger partial charge < -0.3 is 10.1 Å². The lowest BCUT2D eigenvalue weighted by molar-refractivity contribution is -0.137. The number of amides is 1. The van der Waals surface area contributed by atoms with Crippen molar-refractivity contribution in [1.82, 2.24) is 4.98 Å². The van der Waals surface area contributed by atoms with E-state index in [1.807, 2.05) is 0 Å². The summed E-state index contributed by atoms with van der Waals surface area (Å²) >= 11 is 0. The van der Waals surface area contributed by atoms with E-state index in [-0.39, 0.29) is 32.8 Å². The third-order valence-electron chi connectivity index (χ3n) is 4.06. The number of hydrogen-bond acceptors (Lipinski definition) is 5. The molecule has 0 radical (unpaired) electrons. The van der Waals surface area contributed by atoms with Gasteiger partial charge in [-0.1, -0.05) is 0 Å². The highest BCUT2D eigenvalue weighted by Crippen LogP contribution is 2.33. The van der Waals surface area contributed by atoms with Crippen LogP contribution in [-0.2, 0) is 16.2 Å². The van der Waals surface area contributed by atoms with Crippen molar-refractivity contribution in [2.24, 2.45) is 5.14 Å². The van der Waals surface area contributed by atoms with Gasteiger partial charge in [0.1, 0.15) is 5.75 Å². The minimum atomic E-state index is -4.57. The van der Waals surface area contributed by atoms with Crippen LogP contribution in [0, 0.1) is 0 Å². The SMILES string of the molecule is COc1ccc(S(N)(=O)=O)cc1C(=O)Nc1ccnc2ccc(C(F)(F)F)cc12. The molecular weight excluding hydrogens is 411 g/mol. The van der Waals surface area contributed by atoms with Crippen LogP contribution in [-0.4, -0.2) is 26.4 Å². The van der Waals surface area contributed by atoms with Crippen molar-refractivity contribution in [3.63, 3.8) is 0 Å². The van der Waals surface area contributed by atoms with Crippen molar-refractivity contribution in [2.45, 2.75) is 11.1 Å². The second kappa shape index (κ2) is 7.33. The number of anilines is 1. The number of carbonyl (C=O) groups is 1. The van der Waals surface area contributed by atoms with E-state index < -0.39 is 27.7 Å². The summed E-state index contributed by atoms with van der Waals surface area (Å²) in [6.07, 6.45) is -3.25. The number of sulfonamides is 1. The molecule has 0 unspecified atom stereocenters. The van der Waals surface area contributed by atoms with Crippen LogP contribution < -0.4 is 15.2 Å².